The number of carbonyl (C=O) groups excluding carboxylic acids is 1. The molecule has 1 aliphatic rings. The number of hydrogen-bond acceptors (Lipinski definition) is 3. The summed E-state index contributed by atoms with van der Waals surface area (Å²) in [5, 5.41) is 12.0. The predicted molar refractivity (Wildman–Crippen MR) is 122 cm³/mol. The maximum atomic E-state index is 12.5. The number of aliphatic carboxylic acids is 1. The molecule has 6 heteroatoms. The van der Waals surface area contributed by atoms with Crippen molar-refractivity contribution in [1.82, 2.24) is 5.32 Å². The number of nitrogens with one attached hydrogen (secondary N) is 1. The van der Waals surface area contributed by atoms with Crippen molar-refractivity contribution >= 4 is 28.0 Å². The average molecular weight is 480 g/mol. The summed E-state index contributed by atoms with van der Waals surface area (Å²) in [5.41, 5.74) is 5.52. The Labute approximate surface area is 189 Å². The Balaban J connectivity index is 1.42. The Kier molecular flexibility index (Phi) is 6.37. The highest BCUT2D eigenvalue weighted by atomic mass is 79.9. The number of ether oxygens (including phenoxy) is 1. The lowest BCUT2D eigenvalue weighted by Crippen LogP contribution is -2.39. The van der Waals surface area contributed by atoms with Gasteiger partial charge in [0.25, 0.3) is 0 Å². The maximum Gasteiger partial charge on any atom is 0.407 e. The number of hydrogen-bond donors (Lipinski definition) is 2. The lowest BCUT2D eigenvalue weighted by molar-refractivity contribution is -0.137. The van der Waals surface area contributed by atoms with E-state index in [2.05, 4.69) is 45.5 Å². The van der Waals surface area contributed by atoms with E-state index < -0.39 is 18.1 Å². The summed E-state index contributed by atoms with van der Waals surface area (Å²) >= 11 is 3.38. The van der Waals surface area contributed by atoms with Crippen molar-refractivity contribution in [1.29, 1.82) is 0 Å². The summed E-state index contributed by atoms with van der Waals surface area (Å²) < 4.78 is 6.50. The Morgan fingerprint density at radius 2 is 1.52 bits per heavy atom. The lowest BCUT2D eigenvalue weighted by Gasteiger charge is -2.19. The van der Waals surface area contributed by atoms with Gasteiger partial charge < -0.3 is 15.2 Å². The van der Waals surface area contributed by atoms with Crippen LogP contribution in [0.4, 0.5) is 4.79 Å². The Morgan fingerprint density at radius 1 is 0.935 bits per heavy atom. The smallest absolute Gasteiger partial charge is 0.407 e. The third kappa shape index (κ3) is 4.97. The molecule has 0 aliphatic heterocycles. The highest BCUT2D eigenvalue weighted by Crippen LogP contribution is 2.44. The molecule has 1 aliphatic carbocycles. The molecule has 0 saturated heterocycles. The fourth-order valence-corrected chi connectivity index (χ4v) is 4.36. The molecule has 158 valence electrons. The first-order valence-corrected chi connectivity index (χ1v) is 10.9. The van der Waals surface area contributed by atoms with E-state index in [1.165, 1.54) is 0 Å². The van der Waals surface area contributed by atoms with E-state index in [1.807, 2.05) is 48.5 Å². The number of benzene rings is 3. The van der Waals surface area contributed by atoms with Crippen LogP contribution in [-0.2, 0) is 16.0 Å². The minimum Gasteiger partial charge on any atom is -0.481 e. The number of fused-ring (bicyclic) bond motifs is 3. The Bertz CT molecular complexity index is 1050. The van der Waals surface area contributed by atoms with Gasteiger partial charge in [-0.05, 0) is 46.4 Å². The van der Waals surface area contributed by atoms with Gasteiger partial charge in [-0.15, -0.1) is 0 Å². The zero-order valence-electron chi connectivity index (χ0n) is 16.8. The molecule has 3 aromatic rings. The van der Waals surface area contributed by atoms with Gasteiger partial charge in [-0.1, -0.05) is 76.6 Å². The van der Waals surface area contributed by atoms with Crippen molar-refractivity contribution in [2.45, 2.75) is 24.8 Å². The molecule has 0 aromatic heterocycles. The molecule has 4 rings (SSSR count). The first kappa shape index (κ1) is 21.1. The summed E-state index contributed by atoms with van der Waals surface area (Å²) in [6, 6.07) is 23.3. The monoisotopic (exact) mass is 479 g/mol. The zero-order chi connectivity index (χ0) is 21.8. The second-order valence-electron chi connectivity index (χ2n) is 7.60. The summed E-state index contributed by atoms with van der Waals surface area (Å²) in [4.78, 5) is 23.8. The molecule has 0 bridgehead atoms. The normalized spacial score (nSPS) is 13.2. The van der Waals surface area contributed by atoms with E-state index in [4.69, 9.17) is 4.74 Å². The molecule has 2 N–H and O–H groups in total. The van der Waals surface area contributed by atoms with Gasteiger partial charge in [0.2, 0.25) is 0 Å². The van der Waals surface area contributed by atoms with E-state index in [9.17, 15) is 14.7 Å². The van der Waals surface area contributed by atoms with Crippen LogP contribution < -0.4 is 5.32 Å². The second-order valence-corrected chi connectivity index (χ2v) is 8.51. The Morgan fingerprint density at radius 3 is 2.10 bits per heavy atom. The van der Waals surface area contributed by atoms with Gasteiger partial charge in [-0.2, -0.15) is 0 Å². The highest BCUT2D eigenvalue weighted by Gasteiger charge is 2.29. The molecular weight excluding hydrogens is 458 g/mol. The summed E-state index contributed by atoms with van der Waals surface area (Å²) in [5.74, 6) is -1.01. The lowest BCUT2D eigenvalue weighted by atomic mass is 9.98. The molecule has 1 atom stereocenters. The first-order chi connectivity index (χ1) is 15.0. The van der Waals surface area contributed by atoms with E-state index in [0.717, 1.165) is 32.3 Å². The van der Waals surface area contributed by atoms with Crippen LogP contribution in [0.2, 0.25) is 0 Å². The molecule has 5 nitrogen and oxygen atoms in total. The third-order valence-corrected chi connectivity index (χ3v) is 6.01. The number of amides is 1. The van der Waals surface area contributed by atoms with Crippen LogP contribution in [0.1, 0.15) is 29.0 Å². The van der Waals surface area contributed by atoms with Gasteiger partial charge in [-0.25, -0.2) is 4.79 Å². The summed E-state index contributed by atoms with van der Waals surface area (Å²) in [6.07, 6.45) is -0.380. The maximum absolute atomic E-state index is 12.5. The SMILES string of the molecule is O=C(O)CC(Cc1ccc(Br)cc1)NC(=O)OCC1c2ccccc2-c2ccccc21. The molecule has 0 radical (unpaired) electrons. The molecule has 1 amide bonds. The standard InChI is InChI=1S/C25H22BrNO4/c26-17-11-9-16(10-12-17)13-18(14-24(28)29)27-25(30)31-15-23-21-7-3-1-5-19(21)20-6-2-4-8-22(20)23/h1-12,18,23H,13-15H2,(H,27,30)(H,28,29). The van der Waals surface area contributed by atoms with Crippen molar-refractivity contribution in [2.24, 2.45) is 0 Å². The number of halogens is 1. The van der Waals surface area contributed by atoms with Crippen LogP contribution in [0.15, 0.2) is 77.3 Å². The quantitative estimate of drug-likeness (QED) is 0.477. The topological polar surface area (TPSA) is 75.6 Å². The largest absolute Gasteiger partial charge is 0.481 e. The van der Waals surface area contributed by atoms with Crippen molar-refractivity contribution < 1.29 is 19.4 Å². The van der Waals surface area contributed by atoms with Gasteiger partial charge in [-0.3, -0.25) is 4.79 Å². The van der Waals surface area contributed by atoms with Crippen LogP contribution >= 0.6 is 15.9 Å². The van der Waals surface area contributed by atoms with E-state index in [1.54, 1.807) is 0 Å². The first-order valence-electron chi connectivity index (χ1n) is 10.1. The fourth-order valence-electron chi connectivity index (χ4n) is 4.10. The van der Waals surface area contributed by atoms with Crippen molar-refractivity contribution in [2.75, 3.05) is 6.61 Å². The minimum absolute atomic E-state index is 0.0393. The third-order valence-electron chi connectivity index (χ3n) is 5.48. The van der Waals surface area contributed by atoms with Gasteiger partial charge in [0, 0.05) is 16.4 Å². The molecule has 31 heavy (non-hydrogen) atoms. The molecular formula is C25H22BrNO4. The number of rotatable bonds is 7. The molecule has 3 aromatic carbocycles. The molecule has 0 saturated carbocycles. The number of carbonyl (C=O) groups is 2. The van der Waals surface area contributed by atoms with E-state index in [0.29, 0.717) is 6.42 Å². The fraction of sp³-hybridized carbons (Fsp3) is 0.200. The molecule has 0 spiro atoms. The van der Waals surface area contributed by atoms with Crippen molar-refractivity contribution in [3.63, 3.8) is 0 Å². The second kappa shape index (κ2) is 9.35. The van der Waals surface area contributed by atoms with Gasteiger partial charge in [0.15, 0.2) is 0 Å². The van der Waals surface area contributed by atoms with Gasteiger partial charge in [0.05, 0.1) is 6.42 Å². The van der Waals surface area contributed by atoms with Crippen LogP contribution in [0, 0.1) is 0 Å². The molecule has 0 fully saturated rings. The number of carboxylic acid groups (broad SMARTS) is 1. The van der Waals surface area contributed by atoms with Crippen LogP contribution in [-0.4, -0.2) is 29.8 Å². The van der Waals surface area contributed by atoms with Crippen LogP contribution in [0.25, 0.3) is 11.1 Å². The van der Waals surface area contributed by atoms with Gasteiger partial charge >= 0.3 is 12.1 Å². The zero-order valence-corrected chi connectivity index (χ0v) is 18.3. The van der Waals surface area contributed by atoms with E-state index >= 15 is 0 Å². The highest BCUT2D eigenvalue weighted by molar-refractivity contribution is 9.10. The van der Waals surface area contributed by atoms with Crippen LogP contribution in [0.5, 0.6) is 0 Å². The van der Waals surface area contributed by atoms with Crippen molar-refractivity contribution in [3.05, 3.63) is 94.0 Å². The molecule has 1 unspecified atom stereocenters. The van der Waals surface area contributed by atoms with Crippen LogP contribution in [0.3, 0.4) is 0 Å². The number of alkyl carbamates (subject to hydrolysis) is 1. The molecule has 0 heterocycles. The summed E-state index contributed by atoms with van der Waals surface area (Å²) in [6.45, 7) is 0.192. The van der Waals surface area contributed by atoms with Crippen molar-refractivity contribution in [3.8, 4) is 11.1 Å². The average Bonchev–Trinajstić information content (AvgIpc) is 3.07. The predicted octanol–water partition coefficient (Wildman–Crippen LogP) is 5.37. The van der Waals surface area contributed by atoms with E-state index in [-0.39, 0.29) is 18.9 Å². The Hall–Kier alpha value is -3.12. The minimum atomic E-state index is -0.971. The number of carboxylic acids is 1. The van der Waals surface area contributed by atoms with Gasteiger partial charge in [0.1, 0.15) is 6.61 Å². The summed E-state index contributed by atoms with van der Waals surface area (Å²) in [7, 11) is 0.